The molecule has 1 aliphatic heterocycles. The highest BCUT2D eigenvalue weighted by atomic mass is 31.4. The number of fused-ring (bicyclic) bond motifs is 1. The van der Waals surface area contributed by atoms with Gasteiger partial charge in [0.15, 0.2) is 0 Å². The Morgan fingerprint density at radius 3 is 1.22 bits per heavy atom. The lowest BCUT2D eigenvalue weighted by atomic mass is 10.3. The maximum atomic E-state index is 2.41. The summed E-state index contributed by atoms with van der Waals surface area (Å²) in [5.41, 5.74) is 0. The molecule has 0 bridgehead atoms. The summed E-state index contributed by atoms with van der Waals surface area (Å²) in [5, 5.41) is 9.11. The van der Waals surface area contributed by atoms with Crippen molar-refractivity contribution < 1.29 is 0 Å². The molecule has 0 atom stereocenters. The molecule has 0 amide bonds. The second-order valence-electron chi connectivity index (χ2n) is 8.30. The first kappa shape index (κ1) is 19.4. The van der Waals surface area contributed by atoms with Crippen LogP contribution in [0, 0.1) is 0 Å². The average molecular weight is 444 g/mol. The van der Waals surface area contributed by atoms with Crippen LogP contribution < -0.4 is 31.5 Å². The van der Waals surface area contributed by atoms with Crippen LogP contribution >= 0.6 is 6.81 Å². The van der Waals surface area contributed by atoms with Crippen LogP contribution in [-0.4, -0.2) is 7.74 Å². The van der Waals surface area contributed by atoms with E-state index in [1.807, 2.05) is 0 Å². The predicted molar refractivity (Wildman–Crippen MR) is 143 cm³/mol. The van der Waals surface area contributed by atoms with Crippen LogP contribution in [-0.2, 0) is 0 Å². The Labute approximate surface area is 191 Å². The SMILES string of the molecule is c1ccc([Si]2(c3ccccc3)c3ccccc3[P+]2(c2ccccc2)c2ccccc2)cc1. The fourth-order valence-corrected chi connectivity index (χ4v) is 23.9. The molecule has 1 aliphatic rings. The quantitative estimate of drug-likeness (QED) is 0.291. The van der Waals surface area contributed by atoms with Gasteiger partial charge in [0.2, 0.25) is 0 Å². The lowest BCUT2D eigenvalue weighted by Gasteiger charge is -2.51. The van der Waals surface area contributed by atoms with Gasteiger partial charge in [-0.25, -0.2) is 0 Å². The largest absolute Gasteiger partial charge is 0.344 e. The molecule has 5 aromatic rings. The summed E-state index contributed by atoms with van der Waals surface area (Å²) >= 11 is 0. The van der Waals surface area contributed by atoms with Gasteiger partial charge in [-0.2, -0.15) is 0 Å². The molecule has 1 heterocycles. The summed E-state index contributed by atoms with van der Waals surface area (Å²) in [6.45, 7) is -1.91. The van der Waals surface area contributed by atoms with Crippen molar-refractivity contribution in [3.63, 3.8) is 0 Å². The van der Waals surface area contributed by atoms with Crippen LogP contribution in [0.1, 0.15) is 0 Å². The summed E-state index contributed by atoms with van der Waals surface area (Å²) in [7, 11) is -2.37. The van der Waals surface area contributed by atoms with Crippen molar-refractivity contribution in [2.24, 2.45) is 0 Å². The molecule has 0 saturated heterocycles. The molecule has 32 heavy (non-hydrogen) atoms. The van der Waals surface area contributed by atoms with E-state index in [4.69, 9.17) is 0 Å². The molecule has 6 rings (SSSR count). The molecule has 152 valence electrons. The monoisotopic (exact) mass is 443 g/mol. The van der Waals surface area contributed by atoms with E-state index in [1.165, 1.54) is 21.0 Å². The summed E-state index contributed by atoms with van der Waals surface area (Å²) < 4.78 is 0. The van der Waals surface area contributed by atoms with E-state index in [1.54, 1.807) is 10.5 Å². The molecule has 0 saturated carbocycles. The standard InChI is InChI=1S/C30H24PSi/c1-5-15-25(16-6-1)31(26-17-7-2-8-18-26)29-23-13-14-24-30(29)32(31,27-19-9-3-10-20-27)28-21-11-4-12-22-28/h1-24H/q+1. The Bertz CT molecular complexity index is 1160. The van der Waals surface area contributed by atoms with E-state index in [0.29, 0.717) is 0 Å². The van der Waals surface area contributed by atoms with Crippen LogP contribution in [0.4, 0.5) is 0 Å². The van der Waals surface area contributed by atoms with E-state index in [9.17, 15) is 0 Å². The van der Waals surface area contributed by atoms with Gasteiger partial charge in [-0.3, -0.25) is 0 Å². The van der Waals surface area contributed by atoms with Crippen LogP contribution in [0.2, 0.25) is 0 Å². The van der Waals surface area contributed by atoms with Gasteiger partial charge in [-0.05, 0) is 40.7 Å². The maximum absolute atomic E-state index is 2.41. The van der Waals surface area contributed by atoms with Crippen molar-refractivity contribution in [3.05, 3.63) is 146 Å². The summed E-state index contributed by atoms with van der Waals surface area (Å²) in [5.74, 6) is 0. The molecular formula is C30H24PSi+. The number of rotatable bonds is 4. The van der Waals surface area contributed by atoms with Gasteiger partial charge in [-0.1, -0.05) is 115 Å². The summed E-state index contributed by atoms with van der Waals surface area (Å²) in [6.07, 6.45) is 0. The van der Waals surface area contributed by atoms with E-state index < -0.39 is 14.6 Å². The Morgan fingerprint density at radius 1 is 0.375 bits per heavy atom. The van der Waals surface area contributed by atoms with Crippen LogP contribution in [0.25, 0.3) is 0 Å². The molecule has 0 unspecified atom stereocenters. The first-order valence-electron chi connectivity index (χ1n) is 11.1. The highest BCUT2D eigenvalue weighted by Gasteiger charge is 2.77. The Morgan fingerprint density at radius 2 is 0.750 bits per heavy atom. The van der Waals surface area contributed by atoms with Crippen molar-refractivity contribution in [2.75, 3.05) is 0 Å². The molecule has 5 aromatic carbocycles. The number of hydrogen-bond donors (Lipinski definition) is 0. The molecule has 0 fully saturated rings. The Kier molecular flexibility index (Phi) is 4.68. The zero-order valence-corrected chi connectivity index (χ0v) is 19.7. The molecule has 0 aliphatic carbocycles. The fraction of sp³-hybridized carbons (Fsp3) is 0. The zero-order chi connectivity index (χ0) is 21.4. The van der Waals surface area contributed by atoms with E-state index in [-0.39, 0.29) is 0 Å². The van der Waals surface area contributed by atoms with Gasteiger partial charge in [0.25, 0.3) is 0 Å². The third-order valence-electron chi connectivity index (χ3n) is 6.83. The van der Waals surface area contributed by atoms with E-state index >= 15 is 0 Å². The number of benzene rings is 5. The normalized spacial score (nSPS) is 15.4. The Balaban J connectivity index is 1.85. The molecule has 2 heteroatoms. The van der Waals surface area contributed by atoms with Crippen molar-refractivity contribution in [3.8, 4) is 0 Å². The molecule has 0 spiro atoms. The van der Waals surface area contributed by atoms with Crippen molar-refractivity contribution in [2.45, 2.75) is 0 Å². The zero-order valence-electron chi connectivity index (χ0n) is 17.8. The van der Waals surface area contributed by atoms with Gasteiger partial charge in [-0.15, -0.1) is 0 Å². The fourth-order valence-electron chi connectivity index (χ4n) is 5.72. The van der Waals surface area contributed by atoms with Gasteiger partial charge >= 0.3 is 7.74 Å². The molecule has 0 nitrogen and oxygen atoms in total. The first-order valence-corrected chi connectivity index (χ1v) is 15.7. The van der Waals surface area contributed by atoms with Gasteiger partial charge in [0.1, 0.15) is 0 Å². The lowest BCUT2D eigenvalue weighted by molar-refractivity contribution is 1.68. The second kappa shape index (κ2) is 7.71. The summed E-state index contributed by atoms with van der Waals surface area (Å²) in [4.78, 5) is 0. The molecular weight excluding hydrogens is 419 g/mol. The minimum absolute atomic E-state index is 1.49. The maximum Gasteiger partial charge on any atom is 0.344 e. The van der Waals surface area contributed by atoms with Crippen molar-refractivity contribution in [1.29, 1.82) is 0 Å². The van der Waals surface area contributed by atoms with Crippen molar-refractivity contribution in [1.82, 2.24) is 0 Å². The van der Waals surface area contributed by atoms with Gasteiger partial charge < -0.3 is 0 Å². The van der Waals surface area contributed by atoms with Crippen LogP contribution in [0.15, 0.2) is 146 Å². The molecule has 0 aromatic heterocycles. The van der Waals surface area contributed by atoms with E-state index in [0.717, 1.165) is 0 Å². The minimum atomic E-state index is -2.37. The topological polar surface area (TPSA) is 0 Å². The van der Waals surface area contributed by atoms with Crippen LogP contribution in [0.3, 0.4) is 0 Å². The summed E-state index contributed by atoms with van der Waals surface area (Å²) in [6, 6.07) is 54.7. The Hall–Kier alpha value is -3.25. The molecule has 0 N–H and O–H groups in total. The highest BCUT2D eigenvalue weighted by molar-refractivity contribution is 8.30. The van der Waals surface area contributed by atoms with E-state index in [2.05, 4.69) is 146 Å². The minimum Gasteiger partial charge on any atom is -0.0623 e. The number of hydrogen-bond acceptors (Lipinski definition) is 0. The van der Waals surface area contributed by atoms with Gasteiger partial charge in [0, 0.05) is 5.19 Å². The van der Waals surface area contributed by atoms with Crippen LogP contribution in [0.5, 0.6) is 0 Å². The molecule has 0 radical (unpaired) electrons. The smallest absolute Gasteiger partial charge is 0.0623 e. The van der Waals surface area contributed by atoms with Crippen molar-refractivity contribution >= 4 is 46.0 Å². The second-order valence-corrected chi connectivity index (χ2v) is 18.3. The average Bonchev–Trinajstić information content (AvgIpc) is 2.88. The third-order valence-corrected chi connectivity index (χ3v) is 22.4. The third kappa shape index (κ3) is 2.47. The highest BCUT2D eigenvalue weighted by Crippen LogP contribution is 2.67. The predicted octanol–water partition coefficient (Wildman–Crippen LogP) is 3.96. The lowest BCUT2D eigenvalue weighted by Crippen LogP contribution is -2.83. The van der Waals surface area contributed by atoms with Gasteiger partial charge in [0.05, 0.1) is 22.7 Å². The first-order chi connectivity index (χ1) is 15.9.